The molecule has 10 heteroatoms. The van der Waals surface area contributed by atoms with E-state index in [1.165, 1.54) is 35.2 Å². The number of rotatable bonds is 8. The van der Waals surface area contributed by atoms with Crippen molar-refractivity contribution in [1.29, 1.82) is 0 Å². The van der Waals surface area contributed by atoms with Crippen LogP contribution in [-0.4, -0.2) is 42.3 Å². The van der Waals surface area contributed by atoms with E-state index < -0.39 is 10.0 Å². The van der Waals surface area contributed by atoms with Gasteiger partial charge in [-0.15, -0.1) is 5.10 Å². The predicted molar refractivity (Wildman–Crippen MR) is 134 cm³/mol. The Bertz CT molecular complexity index is 1390. The zero-order chi connectivity index (χ0) is 24.1. The second-order valence-corrected chi connectivity index (χ2v) is 10.4. The first-order valence-electron chi connectivity index (χ1n) is 10.4. The number of carbonyl (C=O) groups excluding carboxylic acids is 1. The molecule has 0 fully saturated rings. The normalized spacial score (nSPS) is 11.2. The number of aryl methyl sites for hydroxylation is 1. The molecule has 0 unspecified atom stereocenters. The van der Waals surface area contributed by atoms with Crippen molar-refractivity contribution in [3.8, 4) is 11.4 Å². The molecule has 1 amide bonds. The summed E-state index contributed by atoms with van der Waals surface area (Å²) >= 11 is 1.19. The molecule has 0 bridgehead atoms. The molecule has 0 aliphatic carbocycles. The first kappa shape index (κ1) is 23.5. The molecular weight excluding hydrogens is 470 g/mol. The average molecular weight is 494 g/mol. The number of amides is 1. The van der Waals surface area contributed by atoms with Crippen LogP contribution in [0.5, 0.6) is 0 Å². The second-order valence-electron chi connectivity index (χ2n) is 7.51. The number of anilines is 2. The average Bonchev–Trinajstić information content (AvgIpc) is 3.32. The lowest BCUT2D eigenvalue weighted by Crippen LogP contribution is -2.26. The molecule has 174 valence electrons. The summed E-state index contributed by atoms with van der Waals surface area (Å²) in [6, 6.07) is 22.9. The van der Waals surface area contributed by atoms with Crippen molar-refractivity contribution in [1.82, 2.24) is 15.2 Å². The van der Waals surface area contributed by atoms with Gasteiger partial charge >= 0.3 is 0 Å². The fraction of sp³-hybridized carbons (Fsp3) is 0.125. The minimum atomic E-state index is -3.78. The van der Waals surface area contributed by atoms with Crippen LogP contribution >= 0.6 is 11.8 Å². The van der Waals surface area contributed by atoms with E-state index in [1.54, 1.807) is 36.4 Å². The van der Waals surface area contributed by atoms with Crippen molar-refractivity contribution >= 4 is 39.1 Å². The van der Waals surface area contributed by atoms with Gasteiger partial charge in [0.05, 0.1) is 16.3 Å². The van der Waals surface area contributed by atoms with E-state index in [2.05, 4.69) is 20.5 Å². The number of aromatic amines is 1. The molecule has 0 aliphatic rings. The second kappa shape index (κ2) is 10.1. The number of nitrogens with zero attached hydrogens (tertiary/aromatic N) is 3. The van der Waals surface area contributed by atoms with Gasteiger partial charge in [0.15, 0.2) is 5.82 Å². The lowest BCUT2D eigenvalue weighted by atomic mass is 10.1. The number of carbonyl (C=O) groups is 1. The molecule has 0 saturated carbocycles. The standard InChI is InChI=1S/C24H23N5O3S2/c1-17-11-13-18(14-12-17)23-26-24(28-27-23)33-16-22(30)25-19-7-6-10-21(15-19)34(31,32)29(2)20-8-4-3-5-9-20/h3-15H,16H2,1-2H3,(H,25,30)(H,26,27,28). The highest BCUT2D eigenvalue weighted by atomic mass is 32.2. The summed E-state index contributed by atoms with van der Waals surface area (Å²) in [7, 11) is -2.28. The van der Waals surface area contributed by atoms with Crippen LogP contribution in [-0.2, 0) is 14.8 Å². The lowest BCUT2D eigenvalue weighted by molar-refractivity contribution is -0.113. The predicted octanol–water partition coefficient (Wildman–Crippen LogP) is 4.34. The van der Waals surface area contributed by atoms with Gasteiger partial charge in [0.2, 0.25) is 11.1 Å². The molecule has 4 rings (SSSR count). The maximum absolute atomic E-state index is 13.0. The molecular formula is C24H23N5O3S2. The van der Waals surface area contributed by atoms with Crippen LogP contribution in [0.15, 0.2) is 88.9 Å². The van der Waals surface area contributed by atoms with Crippen LogP contribution in [0.1, 0.15) is 5.56 Å². The van der Waals surface area contributed by atoms with Crippen LogP contribution in [0.4, 0.5) is 11.4 Å². The van der Waals surface area contributed by atoms with Gasteiger partial charge in [0.25, 0.3) is 10.0 Å². The zero-order valence-electron chi connectivity index (χ0n) is 18.6. The number of aromatic nitrogens is 3. The van der Waals surface area contributed by atoms with E-state index >= 15 is 0 Å². The Hall–Kier alpha value is -3.63. The summed E-state index contributed by atoms with van der Waals surface area (Å²) < 4.78 is 27.2. The van der Waals surface area contributed by atoms with E-state index in [0.717, 1.165) is 11.1 Å². The minimum absolute atomic E-state index is 0.0755. The number of hydrogen-bond acceptors (Lipinski definition) is 6. The van der Waals surface area contributed by atoms with Crippen molar-refractivity contribution in [2.24, 2.45) is 0 Å². The summed E-state index contributed by atoms with van der Waals surface area (Å²) in [5.41, 5.74) is 3.00. The molecule has 0 spiro atoms. The number of benzene rings is 3. The molecule has 0 saturated heterocycles. The Morgan fingerprint density at radius 1 is 1.03 bits per heavy atom. The van der Waals surface area contributed by atoms with Gasteiger partial charge in [-0.25, -0.2) is 13.4 Å². The number of hydrogen-bond donors (Lipinski definition) is 2. The number of thioether (sulfide) groups is 1. The smallest absolute Gasteiger partial charge is 0.264 e. The maximum Gasteiger partial charge on any atom is 0.264 e. The van der Waals surface area contributed by atoms with Gasteiger partial charge in [-0.05, 0) is 37.3 Å². The van der Waals surface area contributed by atoms with E-state index in [9.17, 15) is 13.2 Å². The van der Waals surface area contributed by atoms with Gasteiger partial charge in [-0.3, -0.25) is 14.2 Å². The number of H-pyrrole nitrogens is 1. The highest BCUT2D eigenvalue weighted by molar-refractivity contribution is 7.99. The van der Waals surface area contributed by atoms with Gasteiger partial charge in [0, 0.05) is 18.3 Å². The van der Waals surface area contributed by atoms with E-state index in [4.69, 9.17) is 0 Å². The van der Waals surface area contributed by atoms with Gasteiger partial charge < -0.3 is 5.32 Å². The number of para-hydroxylation sites is 1. The Balaban J connectivity index is 1.39. The first-order valence-corrected chi connectivity index (χ1v) is 12.8. The summed E-state index contributed by atoms with van der Waals surface area (Å²) in [5.74, 6) is 0.410. The molecule has 2 N–H and O–H groups in total. The largest absolute Gasteiger partial charge is 0.325 e. The molecule has 0 aliphatic heterocycles. The molecule has 8 nitrogen and oxygen atoms in total. The molecule has 34 heavy (non-hydrogen) atoms. The first-order chi connectivity index (χ1) is 16.3. The Morgan fingerprint density at radius 2 is 1.76 bits per heavy atom. The molecule has 4 aromatic rings. The molecule has 3 aromatic carbocycles. The topological polar surface area (TPSA) is 108 Å². The third-order valence-corrected chi connectivity index (χ3v) is 7.65. The number of sulfonamides is 1. The molecule has 0 atom stereocenters. The van der Waals surface area contributed by atoms with Gasteiger partial charge in [0.1, 0.15) is 0 Å². The third kappa shape index (κ3) is 5.46. The van der Waals surface area contributed by atoms with Crippen molar-refractivity contribution in [3.05, 3.63) is 84.4 Å². The highest BCUT2D eigenvalue weighted by Crippen LogP contribution is 2.24. The van der Waals surface area contributed by atoms with Crippen LogP contribution in [0.2, 0.25) is 0 Å². The fourth-order valence-electron chi connectivity index (χ4n) is 3.15. The van der Waals surface area contributed by atoms with Gasteiger partial charge in [-0.2, -0.15) is 0 Å². The summed E-state index contributed by atoms with van der Waals surface area (Å²) in [6.07, 6.45) is 0. The quantitative estimate of drug-likeness (QED) is 0.354. The van der Waals surface area contributed by atoms with Crippen LogP contribution in [0.25, 0.3) is 11.4 Å². The summed E-state index contributed by atoms with van der Waals surface area (Å²) in [4.78, 5) is 17.0. The van der Waals surface area contributed by atoms with Crippen molar-refractivity contribution in [3.63, 3.8) is 0 Å². The molecule has 1 heterocycles. The third-order valence-electron chi connectivity index (χ3n) is 5.02. The van der Waals surface area contributed by atoms with Crippen LogP contribution in [0.3, 0.4) is 0 Å². The Kier molecular flexibility index (Phi) is 6.99. The highest BCUT2D eigenvalue weighted by Gasteiger charge is 2.21. The summed E-state index contributed by atoms with van der Waals surface area (Å²) in [5, 5.41) is 10.2. The maximum atomic E-state index is 13.0. The Labute approximate surface area is 202 Å². The van der Waals surface area contributed by atoms with E-state index in [0.29, 0.717) is 22.4 Å². The zero-order valence-corrected chi connectivity index (χ0v) is 20.2. The van der Waals surface area contributed by atoms with Crippen molar-refractivity contribution in [2.45, 2.75) is 17.0 Å². The SMILES string of the molecule is Cc1ccc(-c2nc(SCC(=O)Nc3cccc(S(=O)(=O)N(C)c4ccccc4)c3)n[nH]2)cc1. The van der Waals surface area contributed by atoms with Crippen LogP contribution in [0, 0.1) is 6.92 Å². The minimum Gasteiger partial charge on any atom is -0.325 e. The fourth-order valence-corrected chi connectivity index (χ4v) is 4.99. The van der Waals surface area contributed by atoms with Crippen LogP contribution < -0.4 is 9.62 Å². The lowest BCUT2D eigenvalue weighted by Gasteiger charge is -2.19. The van der Waals surface area contributed by atoms with E-state index in [1.807, 2.05) is 37.3 Å². The van der Waals surface area contributed by atoms with E-state index in [-0.39, 0.29) is 16.6 Å². The van der Waals surface area contributed by atoms with Crippen molar-refractivity contribution in [2.75, 3.05) is 22.4 Å². The van der Waals surface area contributed by atoms with Crippen molar-refractivity contribution < 1.29 is 13.2 Å². The molecule has 1 aromatic heterocycles. The molecule has 0 radical (unpaired) electrons. The summed E-state index contributed by atoms with van der Waals surface area (Å²) in [6.45, 7) is 2.01. The van der Waals surface area contributed by atoms with Gasteiger partial charge in [-0.1, -0.05) is 65.9 Å². The number of nitrogens with one attached hydrogen (secondary N) is 2. The Morgan fingerprint density at radius 3 is 2.50 bits per heavy atom. The monoisotopic (exact) mass is 493 g/mol.